The number of carbonyl (C=O) groups is 2. The molecule has 0 fully saturated rings. The van der Waals surface area contributed by atoms with E-state index in [4.69, 9.17) is 9.84 Å². The lowest BCUT2D eigenvalue weighted by atomic mass is 9.85. The number of methoxy groups -OCH3 is 1. The highest BCUT2D eigenvalue weighted by Crippen LogP contribution is 2.45. The predicted molar refractivity (Wildman–Crippen MR) is 240 cm³/mol. The zero-order chi connectivity index (χ0) is 42.4. The molecule has 0 aliphatic rings. The van der Waals surface area contributed by atoms with Gasteiger partial charge >= 0.3 is 11.9 Å². The largest absolute Gasteiger partial charge is 0.481 e. The fourth-order valence-electron chi connectivity index (χ4n) is 9.50. The van der Waals surface area contributed by atoms with Crippen LogP contribution in [0.25, 0.3) is 86.2 Å². The lowest BCUT2D eigenvalue weighted by molar-refractivity contribution is -0.140. The summed E-state index contributed by atoms with van der Waals surface area (Å²) in [5.41, 5.74) is 4.61. The van der Waals surface area contributed by atoms with Gasteiger partial charge in [0.1, 0.15) is 0 Å². The number of esters is 1. The van der Waals surface area contributed by atoms with Crippen molar-refractivity contribution in [3.05, 3.63) is 143 Å². The zero-order valence-electron chi connectivity index (χ0n) is 33.1. The number of nitriles is 4. The molecule has 0 aliphatic carbocycles. The Bertz CT molecular complexity index is 3600. The van der Waals surface area contributed by atoms with Gasteiger partial charge in [-0.2, -0.15) is 21.0 Å². The molecular weight excluding hydrogens is 757 g/mol. The molecule has 0 amide bonds. The summed E-state index contributed by atoms with van der Waals surface area (Å²) < 4.78 is 4.76. The third kappa shape index (κ3) is 6.18. The van der Waals surface area contributed by atoms with Crippen molar-refractivity contribution >= 4 is 98.1 Å². The first kappa shape index (κ1) is 38.2. The number of benzene rings is 10. The standard InChI is InChI=1S/C27H18N2O2.C26H16N2O2/c1-31-24(30)7-2-4-16-8-11-22-20-6-3-5-19-17(14-28)9-12-21(26(19)20)23-13-10-18(15-29)25(16)27(22)23;27-13-16-8-11-20-22-12-9-17(14-28)24-15(3-1-6-23(29)30)7-10-21(26(22)24)19-5-2-4-18(16)25(19)20/h3,5-6,8-13H,2,4,7H2,1H3;2,4-5,7-12H,1,3,6H2,(H,29,30). The molecule has 10 aromatic rings. The van der Waals surface area contributed by atoms with Crippen molar-refractivity contribution in [2.45, 2.75) is 38.5 Å². The van der Waals surface area contributed by atoms with Crippen LogP contribution in [-0.2, 0) is 27.2 Å². The number of fused-ring (bicyclic) bond motifs is 4. The number of nitrogens with zero attached hydrogens (tertiary/aromatic N) is 4. The maximum absolute atomic E-state index is 11.6. The predicted octanol–water partition coefficient (Wildman–Crippen LogP) is 11.9. The number of hydrogen-bond acceptors (Lipinski definition) is 7. The number of rotatable bonds is 8. The van der Waals surface area contributed by atoms with E-state index in [1.54, 1.807) is 0 Å². The quantitative estimate of drug-likeness (QED) is 0.0904. The molecule has 0 heterocycles. The van der Waals surface area contributed by atoms with Gasteiger partial charge in [-0.25, -0.2) is 0 Å². The van der Waals surface area contributed by atoms with Gasteiger partial charge in [-0.3, -0.25) is 9.59 Å². The number of carbonyl (C=O) groups excluding carboxylic acids is 1. The van der Waals surface area contributed by atoms with Crippen molar-refractivity contribution in [3.63, 3.8) is 0 Å². The fraction of sp³-hybridized carbons (Fsp3) is 0.132. The number of aryl methyl sites for hydroxylation is 2. The van der Waals surface area contributed by atoms with Crippen LogP contribution in [0.5, 0.6) is 0 Å². The smallest absolute Gasteiger partial charge is 0.305 e. The molecule has 290 valence electrons. The number of ether oxygens (including phenoxy) is 1. The molecular formula is C53H34N4O4. The van der Waals surface area contributed by atoms with Crippen molar-refractivity contribution < 1.29 is 19.4 Å². The second-order valence-electron chi connectivity index (χ2n) is 15.3. The van der Waals surface area contributed by atoms with E-state index in [1.807, 2.05) is 78.9 Å². The van der Waals surface area contributed by atoms with Crippen molar-refractivity contribution in [2.75, 3.05) is 7.11 Å². The third-order valence-electron chi connectivity index (χ3n) is 12.1. The summed E-state index contributed by atoms with van der Waals surface area (Å²) in [6, 6.07) is 45.1. The Labute approximate surface area is 349 Å². The molecule has 1 N–H and O–H groups in total. The summed E-state index contributed by atoms with van der Waals surface area (Å²) in [6.07, 6.45) is 2.93. The molecule has 0 spiro atoms. The first-order chi connectivity index (χ1) is 29.8. The summed E-state index contributed by atoms with van der Waals surface area (Å²) in [5, 5.41) is 64.3. The summed E-state index contributed by atoms with van der Waals surface area (Å²) in [5.74, 6) is -1.04. The number of aliphatic carboxylic acids is 1. The third-order valence-corrected chi connectivity index (χ3v) is 12.1. The first-order valence-electron chi connectivity index (χ1n) is 20.0. The molecule has 8 nitrogen and oxygen atoms in total. The van der Waals surface area contributed by atoms with Gasteiger partial charge in [0, 0.05) is 34.4 Å². The summed E-state index contributed by atoms with van der Waals surface area (Å²) in [4.78, 5) is 22.5. The van der Waals surface area contributed by atoms with Gasteiger partial charge in [-0.1, -0.05) is 84.9 Å². The highest BCUT2D eigenvalue weighted by Gasteiger charge is 2.20. The Morgan fingerprint density at radius 3 is 1.18 bits per heavy atom. The minimum Gasteiger partial charge on any atom is -0.481 e. The Hall–Kier alpha value is -8.30. The Morgan fingerprint density at radius 2 is 0.787 bits per heavy atom. The number of hydrogen-bond donors (Lipinski definition) is 1. The van der Waals surface area contributed by atoms with Gasteiger partial charge in [0.25, 0.3) is 0 Å². The van der Waals surface area contributed by atoms with E-state index in [9.17, 15) is 30.6 Å². The van der Waals surface area contributed by atoms with E-state index in [1.165, 1.54) is 7.11 Å². The van der Waals surface area contributed by atoms with E-state index in [0.717, 1.165) is 97.3 Å². The highest BCUT2D eigenvalue weighted by molar-refractivity contribution is 6.35. The van der Waals surface area contributed by atoms with Crippen molar-refractivity contribution in [1.82, 2.24) is 0 Å². The lowest BCUT2D eigenvalue weighted by Gasteiger charge is -2.17. The van der Waals surface area contributed by atoms with Crippen LogP contribution in [0.4, 0.5) is 0 Å². The Balaban J connectivity index is 0.000000156. The molecule has 0 aromatic heterocycles. The molecule has 61 heavy (non-hydrogen) atoms. The van der Waals surface area contributed by atoms with E-state index in [2.05, 4.69) is 54.6 Å². The van der Waals surface area contributed by atoms with Gasteiger partial charge < -0.3 is 9.84 Å². The molecule has 0 atom stereocenters. The van der Waals surface area contributed by atoms with Crippen LogP contribution in [0, 0.1) is 45.3 Å². The van der Waals surface area contributed by atoms with Crippen molar-refractivity contribution in [3.8, 4) is 24.3 Å². The average molecular weight is 791 g/mol. The van der Waals surface area contributed by atoms with E-state index < -0.39 is 5.97 Å². The molecule has 0 saturated carbocycles. The van der Waals surface area contributed by atoms with Gasteiger partial charge in [0.05, 0.1) is 53.6 Å². The summed E-state index contributed by atoms with van der Waals surface area (Å²) in [7, 11) is 1.40. The van der Waals surface area contributed by atoms with E-state index in [-0.39, 0.29) is 12.4 Å². The second-order valence-corrected chi connectivity index (χ2v) is 15.3. The minimum absolute atomic E-state index is 0.101. The number of carboxylic acid groups (broad SMARTS) is 1. The average Bonchev–Trinajstić information content (AvgIpc) is 3.29. The Morgan fingerprint density at radius 1 is 0.443 bits per heavy atom. The fourth-order valence-corrected chi connectivity index (χ4v) is 9.50. The molecule has 0 radical (unpaired) electrons. The highest BCUT2D eigenvalue weighted by atomic mass is 16.5. The van der Waals surface area contributed by atoms with Crippen molar-refractivity contribution in [1.29, 1.82) is 21.0 Å². The molecule has 0 bridgehead atoms. The minimum atomic E-state index is -0.813. The van der Waals surface area contributed by atoms with Gasteiger partial charge in [-0.05, 0) is 126 Å². The van der Waals surface area contributed by atoms with Crippen LogP contribution in [0.15, 0.2) is 109 Å². The zero-order valence-corrected chi connectivity index (χ0v) is 33.1. The second kappa shape index (κ2) is 15.5. The lowest BCUT2D eigenvalue weighted by Crippen LogP contribution is -2.01. The normalized spacial score (nSPS) is 11.2. The molecule has 10 aromatic carbocycles. The Kier molecular flexibility index (Phi) is 9.69. The van der Waals surface area contributed by atoms with E-state index in [0.29, 0.717) is 54.4 Å². The van der Waals surface area contributed by atoms with Crippen LogP contribution in [0.3, 0.4) is 0 Å². The van der Waals surface area contributed by atoms with Crippen LogP contribution >= 0.6 is 0 Å². The molecule has 8 heteroatoms. The van der Waals surface area contributed by atoms with Crippen LogP contribution in [0.2, 0.25) is 0 Å². The SMILES string of the molecule is COC(=O)CCCc1ccc2c3cccc4c(C#N)ccc(c5ccc(C#N)c1c52)c43.N#Cc1ccc2c3ccc(C#N)c4c(CCCC(=O)O)ccc(c5cccc1c25)c43. The van der Waals surface area contributed by atoms with E-state index >= 15 is 0 Å². The maximum Gasteiger partial charge on any atom is 0.305 e. The molecule has 0 saturated heterocycles. The van der Waals surface area contributed by atoms with Gasteiger partial charge in [-0.15, -0.1) is 0 Å². The molecule has 0 aliphatic heterocycles. The first-order valence-corrected chi connectivity index (χ1v) is 20.0. The van der Waals surface area contributed by atoms with Crippen LogP contribution in [-0.4, -0.2) is 24.2 Å². The van der Waals surface area contributed by atoms with Crippen LogP contribution in [0.1, 0.15) is 59.1 Å². The van der Waals surface area contributed by atoms with Gasteiger partial charge in [0.2, 0.25) is 0 Å². The molecule has 0 unspecified atom stereocenters. The molecule has 10 rings (SSSR count). The maximum atomic E-state index is 11.6. The monoisotopic (exact) mass is 790 g/mol. The summed E-state index contributed by atoms with van der Waals surface area (Å²) in [6.45, 7) is 0. The summed E-state index contributed by atoms with van der Waals surface area (Å²) >= 11 is 0. The topological polar surface area (TPSA) is 159 Å². The number of carboxylic acids is 1. The van der Waals surface area contributed by atoms with Crippen LogP contribution < -0.4 is 0 Å². The van der Waals surface area contributed by atoms with Crippen molar-refractivity contribution in [2.24, 2.45) is 0 Å². The van der Waals surface area contributed by atoms with Gasteiger partial charge in [0.15, 0.2) is 0 Å².